The maximum atomic E-state index is 13.6. The molecule has 0 radical (unpaired) electrons. The molecule has 6 nitrogen and oxygen atoms in total. The van der Waals surface area contributed by atoms with Crippen molar-refractivity contribution in [2.24, 2.45) is 0 Å². The number of fused-ring (bicyclic) bond motifs is 2. The molecule has 35 heavy (non-hydrogen) atoms. The molecule has 1 atom stereocenters. The Bertz CT molecular complexity index is 1490. The summed E-state index contributed by atoms with van der Waals surface area (Å²) in [5.74, 6) is 1.05. The molecule has 1 aromatic heterocycles. The molecule has 2 heterocycles. The number of methoxy groups -OCH3 is 2. The first-order valence-corrected chi connectivity index (χ1v) is 11.6. The molecule has 0 saturated carbocycles. The van der Waals surface area contributed by atoms with Gasteiger partial charge in [-0.2, -0.15) is 0 Å². The molecule has 0 N–H and O–H groups in total. The van der Waals surface area contributed by atoms with Gasteiger partial charge in [0.05, 0.1) is 31.2 Å². The highest BCUT2D eigenvalue weighted by molar-refractivity contribution is 6.30. The summed E-state index contributed by atoms with van der Waals surface area (Å²) in [4.78, 5) is 28.9. The molecular formula is C28H24ClNO5. The molecule has 0 fully saturated rings. The van der Waals surface area contributed by atoms with Crippen LogP contribution >= 0.6 is 11.6 Å². The molecule has 3 aromatic carbocycles. The number of rotatable bonds is 6. The van der Waals surface area contributed by atoms with E-state index in [0.29, 0.717) is 46.0 Å². The molecule has 1 amide bonds. The number of carbonyl (C=O) groups is 1. The maximum Gasteiger partial charge on any atom is 0.290 e. The van der Waals surface area contributed by atoms with Gasteiger partial charge in [0.2, 0.25) is 5.76 Å². The van der Waals surface area contributed by atoms with Crippen molar-refractivity contribution in [1.29, 1.82) is 0 Å². The third-order valence-corrected chi connectivity index (χ3v) is 6.65. The Morgan fingerprint density at radius 1 is 0.943 bits per heavy atom. The topological polar surface area (TPSA) is 69.0 Å². The van der Waals surface area contributed by atoms with Gasteiger partial charge in [0.15, 0.2) is 16.9 Å². The number of hydrogen-bond acceptors (Lipinski definition) is 5. The number of aryl methyl sites for hydroxylation is 1. The van der Waals surface area contributed by atoms with E-state index in [2.05, 4.69) is 0 Å². The molecule has 1 aliphatic heterocycles. The second kappa shape index (κ2) is 9.12. The standard InChI is InChI=1S/C28H24ClNO5/c1-16-4-10-21-20(14-16)26(31)24-25(18-6-8-19(29)9-7-18)30(28(32)27(24)35-21)13-12-17-5-11-22(33-2)23(15-17)34-3/h4-11,14-15,25H,12-13H2,1-3H3. The van der Waals surface area contributed by atoms with Crippen molar-refractivity contribution in [2.75, 3.05) is 20.8 Å². The second-order valence-corrected chi connectivity index (χ2v) is 9.00. The van der Waals surface area contributed by atoms with Crippen LogP contribution in [0, 0.1) is 6.92 Å². The van der Waals surface area contributed by atoms with Crippen LogP contribution in [-0.2, 0) is 6.42 Å². The molecule has 0 bridgehead atoms. The molecule has 178 valence electrons. The van der Waals surface area contributed by atoms with Gasteiger partial charge in [0.25, 0.3) is 5.91 Å². The fraction of sp³-hybridized carbons (Fsp3) is 0.214. The summed E-state index contributed by atoms with van der Waals surface area (Å²) in [5.41, 5.74) is 3.30. The first-order chi connectivity index (χ1) is 16.9. The van der Waals surface area contributed by atoms with Gasteiger partial charge in [-0.3, -0.25) is 9.59 Å². The van der Waals surface area contributed by atoms with E-state index in [1.165, 1.54) is 0 Å². The van der Waals surface area contributed by atoms with Crippen molar-refractivity contribution in [3.63, 3.8) is 0 Å². The van der Waals surface area contributed by atoms with Crippen LogP contribution in [0.25, 0.3) is 11.0 Å². The van der Waals surface area contributed by atoms with E-state index >= 15 is 0 Å². The largest absolute Gasteiger partial charge is 0.493 e. The lowest BCUT2D eigenvalue weighted by Crippen LogP contribution is -2.31. The molecule has 1 aliphatic rings. The Kier molecular flexibility index (Phi) is 5.99. The van der Waals surface area contributed by atoms with Crippen LogP contribution in [0.2, 0.25) is 5.02 Å². The lowest BCUT2D eigenvalue weighted by molar-refractivity contribution is 0.0730. The highest BCUT2D eigenvalue weighted by Gasteiger charge is 2.42. The van der Waals surface area contributed by atoms with Gasteiger partial charge >= 0.3 is 0 Å². The third-order valence-electron chi connectivity index (χ3n) is 6.40. The number of carbonyl (C=O) groups excluding carboxylic acids is 1. The smallest absolute Gasteiger partial charge is 0.290 e. The Balaban J connectivity index is 1.58. The summed E-state index contributed by atoms with van der Waals surface area (Å²) in [6.45, 7) is 2.30. The zero-order valence-electron chi connectivity index (χ0n) is 19.6. The number of nitrogens with zero attached hydrogens (tertiary/aromatic N) is 1. The lowest BCUT2D eigenvalue weighted by Gasteiger charge is -2.25. The monoisotopic (exact) mass is 489 g/mol. The molecule has 0 aliphatic carbocycles. The number of benzene rings is 3. The van der Waals surface area contributed by atoms with Crippen molar-refractivity contribution in [1.82, 2.24) is 4.90 Å². The van der Waals surface area contributed by atoms with Gasteiger partial charge in [0.1, 0.15) is 5.58 Å². The summed E-state index contributed by atoms with van der Waals surface area (Å²) in [6.07, 6.45) is 0.553. The Morgan fingerprint density at radius 3 is 2.40 bits per heavy atom. The van der Waals surface area contributed by atoms with Crippen LogP contribution in [0.3, 0.4) is 0 Å². The van der Waals surface area contributed by atoms with Gasteiger partial charge in [-0.05, 0) is 60.9 Å². The molecular weight excluding hydrogens is 466 g/mol. The van der Waals surface area contributed by atoms with E-state index in [0.717, 1.165) is 16.7 Å². The zero-order chi connectivity index (χ0) is 24.7. The molecule has 0 spiro atoms. The van der Waals surface area contributed by atoms with Crippen molar-refractivity contribution < 1.29 is 18.7 Å². The van der Waals surface area contributed by atoms with Crippen molar-refractivity contribution in [3.05, 3.63) is 104 Å². The van der Waals surface area contributed by atoms with E-state index in [1.807, 2.05) is 43.3 Å². The number of halogens is 1. The second-order valence-electron chi connectivity index (χ2n) is 8.57. The molecule has 0 saturated heterocycles. The first kappa shape index (κ1) is 23.0. The van der Waals surface area contributed by atoms with E-state index in [9.17, 15) is 9.59 Å². The van der Waals surface area contributed by atoms with Gasteiger partial charge in [0, 0.05) is 11.6 Å². The zero-order valence-corrected chi connectivity index (χ0v) is 20.4. The van der Waals surface area contributed by atoms with E-state index < -0.39 is 6.04 Å². The summed E-state index contributed by atoms with van der Waals surface area (Å²) in [6, 6.07) is 17.7. The fourth-order valence-corrected chi connectivity index (χ4v) is 4.77. The van der Waals surface area contributed by atoms with E-state index in [-0.39, 0.29) is 17.1 Å². The van der Waals surface area contributed by atoms with Crippen LogP contribution in [0.5, 0.6) is 11.5 Å². The van der Waals surface area contributed by atoms with Gasteiger partial charge < -0.3 is 18.8 Å². The Hall–Kier alpha value is -3.77. The Labute approximate surface area is 207 Å². The number of hydrogen-bond donors (Lipinski definition) is 0. The summed E-state index contributed by atoms with van der Waals surface area (Å²) >= 11 is 6.12. The average molecular weight is 490 g/mol. The highest BCUT2D eigenvalue weighted by atomic mass is 35.5. The highest BCUT2D eigenvalue weighted by Crippen LogP contribution is 2.39. The van der Waals surface area contributed by atoms with Gasteiger partial charge in [-0.25, -0.2) is 0 Å². The van der Waals surface area contributed by atoms with Crippen molar-refractivity contribution >= 4 is 28.5 Å². The number of ether oxygens (including phenoxy) is 2. The predicted octanol–water partition coefficient (Wildman–Crippen LogP) is 5.56. The summed E-state index contributed by atoms with van der Waals surface area (Å²) < 4.78 is 16.8. The normalized spacial score (nSPS) is 14.9. The molecule has 7 heteroatoms. The molecule has 4 aromatic rings. The van der Waals surface area contributed by atoms with Crippen LogP contribution in [-0.4, -0.2) is 31.6 Å². The fourth-order valence-electron chi connectivity index (χ4n) is 4.64. The third kappa shape index (κ3) is 4.04. The Morgan fingerprint density at radius 2 is 1.69 bits per heavy atom. The van der Waals surface area contributed by atoms with E-state index in [1.54, 1.807) is 43.4 Å². The van der Waals surface area contributed by atoms with Gasteiger partial charge in [-0.1, -0.05) is 41.4 Å². The summed E-state index contributed by atoms with van der Waals surface area (Å²) in [7, 11) is 3.17. The average Bonchev–Trinajstić information content (AvgIpc) is 3.15. The van der Waals surface area contributed by atoms with Crippen LogP contribution in [0.15, 0.2) is 69.9 Å². The van der Waals surface area contributed by atoms with Crippen LogP contribution in [0.4, 0.5) is 0 Å². The van der Waals surface area contributed by atoms with Crippen LogP contribution < -0.4 is 14.9 Å². The van der Waals surface area contributed by atoms with Crippen LogP contribution in [0.1, 0.15) is 38.9 Å². The molecule has 1 unspecified atom stereocenters. The minimum absolute atomic E-state index is 0.0959. The maximum absolute atomic E-state index is 13.6. The van der Waals surface area contributed by atoms with Crippen molar-refractivity contribution in [3.8, 4) is 11.5 Å². The minimum Gasteiger partial charge on any atom is -0.493 e. The number of amides is 1. The van der Waals surface area contributed by atoms with Gasteiger partial charge in [-0.15, -0.1) is 0 Å². The SMILES string of the molecule is COc1ccc(CCN2C(=O)c3oc4ccc(C)cc4c(=O)c3C2c2ccc(Cl)cc2)cc1OC. The van der Waals surface area contributed by atoms with E-state index in [4.69, 9.17) is 25.5 Å². The van der Waals surface area contributed by atoms with Crippen molar-refractivity contribution in [2.45, 2.75) is 19.4 Å². The minimum atomic E-state index is -0.573. The predicted molar refractivity (Wildman–Crippen MR) is 135 cm³/mol. The lowest BCUT2D eigenvalue weighted by atomic mass is 9.98. The quantitative estimate of drug-likeness (QED) is 0.354. The first-order valence-electron chi connectivity index (χ1n) is 11.3. The summed E-state index contributed by atoms with van der Waals surface area (Å²) in [5, 5.41) is 1.05. The molecule has 5 rings (SSSR count).